The van der Waals surface area contributed by atoms with E-state index in [4.69, 9.17) is 37.4 Å². The molecule has 1 aliphatic rings. The summed E-state index contributed by atoms with van der Waals surface area (Å²) < 4.78 is 16.3. The molecule has 1 amide bonds. The van der Waals surface area contributed by atoms with Gasteiger partial charge in [-0.25, -0.2) is 4.79 Å². The smallest absolute Gasteiger partial charge is 0.342 e. The van der Waals surface area contributed by atoms with Gasteiger partial charge in [-0.2, -0.15) is 0 Å². The van der Waals surface area contributed by atoms with Crippen molar-refractivity contribution < 1.29 is 23.8 Å². The van der Waals surface area contributed by atoms with Crippen molar-refractivity contribution in [1.82, 2.24) is 5.32 Å². The molecule has 1 heterocycles. The zero-order valence-corrected chi connectivity index (χ0v) is 17.2. The summed E-state index contributed by atoms with van der Waals surface area (Å²) in [6.45, 7) is 0.913. The minimum Gasteiger partial charge on any atom is -0.488 e. The standard InChI is InChI=1S/C21H21Cl2NO5/c22-15-8-7-14(18(23)10-15)12-28-19-6-2-1-5-17(19)21(26)29-13-20(25)24-11-16-4-3-9-27-16/h1-2,5-8,10,16H,3-4,9,11-13H2,(H,24,25). The van der Waals surface area contributed by atoms with E-state index in [1.54, 1.807) is 42.5 Å². The summed E-state index contributed by atoms with van der Waals surface area (Å²) in [4.78, 5) is 24.3. The number of carbonyl (C=O) groups is 2. The van der Waals surface area contributed by atoms with Crippen molar-refractivity contribution in [2.45, 2.75) is 25.6 Å². The van der Waals surface area contributed by atoms with Crippen LogP contribution in [0.3, 0.4) is 0 Å². The number of halogens is 2. The normalized spacial score (nSPS) is 15.7. The molecular weight excluding hydrogens is 417 g/mol. The molecule has 0 saturated carbocycles. The molecule has 1 aliphatic heterocycles. The average molecular weight is 438 g/mol. The van der Waals surface area contributed by atoms with Crippen LogP contribution in [0.1, 0.15) is 28.8 Å². The Bertz CT molecular complexity index is 868. The second-order valence-corrected chi connectivity index (χ2v) is 7.38. The summed E-state index contributed by atoms with van der Waals surface area (Å²) in [6, 6.07) is 11.7. The van der Waals surface area contributed by atoms with Gasteiger partial charge in [0.2, 0.25) is 0 Å². The zero-order chi connectivity index (χ0) is 20.6. The summed E-state index contributed by atoms with van der Waals surface area (Å²) >= 11 is 12.0. The average Bonchev–Trinajstić information content (AvgIpc) is 3.24. The number of amides is 1. The molecule has 1 N–H and O–H groups in total. The molecule has 29 heavy (non-hydrogen) atoms. The first-order valence-electron chi connectivity index (χ1n) is 9.24. The summed E-state index contributed by atoms with van der Waals surface area (Å²) in [5.41, 5.74) is 0.956. The van der Waals surface area contributed by atoms with Gasteiger partial charge in [0, 0.05) is 28.8 Å². The Morgan fingerprint density at radius 1 is 1.17 bits per heavy atom. The fraction of sp³-hybridized carbons (Fsp3) is 0.333. The maximum Gasteiger partial charge on any atom is 0.342 e. The minimum atomic E-state index is -0.643. The van der Waals surface area contributed by atoms with E-state index in [1.807, 2.05) is 0 Å². The Labute approximate surface area is 179 Å². The number of benzene rings is 2. The van der Waals surface area contributed by atoms with Crippen LogP contribution in [0, 0.1) is 0 Å². The maximum absolute atomic E-state index is 12.4. The Morgan fingerprint density at radius 2 is 2.00 bits per heavy atom. The number of carbonyl (C=O) groups excluding carboxylic acids is 2. The fourth-order valence-electron chi connectivity index (χ4n) is 2.85. The number of hydrogen-bond donors (Lipinski definition) is 1. The lowest BCUT2D eigenvalue weighted by Crippen LogP contribution is -2.34. The van der Waals surface area contributed by atoms with Gasteiger partial charge in [0.1, 0.15) is 17.9 Å². The Morgan fingerprint density at radius 3 is 2.76 bits per heavy atom. The molecule has 1 atom stereocenters. The highest BCUT2D eigenvalue weighted by molar-refractivity contribution is 6.35. The Kier molecular flexibility index (Phi) is 7.75. The summed E-state index contributed by atoms with van der Waals surface area (Å²) in [5.74, 6) is -0.682. The van der Waals surface area contributed by atoms with Gasteiger partial charge in [0.05, 0.1) is 6.10 Å². The van der Waals surface area contributed by atoms with Gasteiger partial charge >= 0.3 is 5.97 Å². The van der Waals surface area contributed by atoms with E-state index >= 15 is 0 Å². The molecular formula is C21H21Cl2NO5. The predicted molar refractivity (Wildman–Crippen MR) is 110 cm³/mol. The Hall–Kier alpha value is -2.28. The van der Waals surface area contributed by atoms with Gasteiger partial charge in [0.15, 0.2) is 6.61 Å². The molecule has 2 aromatic rings. The van der Waals surface area contributed by atoms with Crippen LogP contribution in [0.25, 0.3) is 0 Å². The number of nitrogens with one attached hydrogen (secondary N) is 1. The molecule has 1 fully saturated rings. The molecule has 1 saturated heterocycles. The van der Waals surface area contributed by atoms with Crippen molar-refractivity contribution in [1.29, 1.82) is 0 Å². The molecule has 6 nitrogen and oxygen atoms in total. The van der Waals surface area contributed by atoms with E-state index in [9.17, 15) is 9.59 Å². The summed E-state index contributed by atoms with van der Waals surface area (Å²) in [7, 11) is 0. The molecule has 0 radical (unpaired) electrons. The summed E-state index contributed by atoms with van der Waals surface area (Å²) in [5, 5.41) is 3.71. The van der Waals surface area contributed by atoms with Gasteiger partial charge in [-0.05, 0) is 37.1 Å². The van der Waals surface area contributed by atoms with Crippen LogP contribution in [-0.2, 0) is 20.9 Å². The van der Waals surface area contributed by atoms with Crippen LogP contribution in [0.15, 0.2) is 42.5 Å². The van der Waals surface area contributed by atoms with E-state index in [0.717, 1.165) is 18.4 Å². The maximum atomic E-state index is 12.4. The largest absolute Gasteiger partial charge is 0.488 e. The third kappa shape index (κ3) is 6.35. The molecule has 0 aromatic heterocycles. The molecule has 2 aromatic carbocycles. The van der Waals surface area contributed by atoms with Crippen molar-refractivity contribution >= 4 is 35.1 Å². The predicted octanol–water partition coefficient (Wildman–Crippen LogP) is 4.02. The second kappa shape index (κ2) is 10.5. The number of hydrogen-bond acceptors (Lipinski definition) is 5. The number of esters is 1. The van der Waals surface area contributed by atoms with E-state index in [1.165, 1.54) is 0 Å². The van der Waals surface area contributed by atoms with Gasteiger partial charge < -0.3 is 19.5 Å². The zero-order valence-electron chi connectivity index (χ0n) is 15.7. The first-order valence-corrected chi connectivity index (χ1v) is 9.99. The van der Waals surface area contributed by atoms with Crippen LogP contribution in [0.5, 0.6) is 5.75 Å². The lowest BCUT2D eigenvalue weighted by molar-refractivity contribution is -0.124. The quantitative estimate of drug-likeness (QED) is 0.631. The van der Waals surface area contributed by atoms with Crippen molar-refractivity contribution in [3.63, 3.8) is 0 Å². The fourth-order valence-corrected chi connectivity index (χ4v) is 3.31. The first-order chi connectivity index (χ1) is 14.0. The molecule has 0 aliphatic carbocycles. The van der Waals surface area contributed by atoms with E-state index in [2.05, 4.69) is 5.32 Å². The molecule has 0 bridgehead atoms. The van der Waals surface area contributed by atoms with Gasteiger partial charge in [-0.1, -0.05) is 41.4 Å². The lowest BCUT2D eigenvalue weighted by atomic mass is 10.2. The monoisotopic (exact) mass is 437 g/mol. The van der Waals surface area contributed by atoms with Crippen molar-refractivity contribution in [3.8, 4) is 5.75 Å². The third-order valence-electron chi connectivity index (χ3n) is 4.39. The summed E-state index contributed by atoms with van der Waals surface area (Å²) in [6.07, 6.45) is 1.94. The van der Waals surface area contributed by atoms with Crippen LogP contribution >= 0.6 is 23.2 Å². The topological polar surface area (TPSA) is 73.9 Å². The SMILES string of the molecule is O=C(COC(=O)c1ccccc1OCc1ccc(Cl)cc1Cl)NCC1CCCO1. The van der Waals surface area contributed by atoms with E-state index in [0.29, 0.717) is 28.9 Å². The first kappa shape index (κ1) is 21.4. The molecule has 8 heteroatoms. The molecule has 154 valence electrons. The van der Waals surface area contributed by atoms with E-state index in [-0.39, 0.29) is 30.8 Å². The van der Waals surface area contributed by atoms with Gasteiger partial charge in [-0.3, -0.25) is 4.79 Å². The van der Waals surface area contributed by atoms with Crippen molar-refractivity contribution in [3.05, 3.63) is 63.6 Å². The van der Waals surface area contributed by atoms with Crippen LogP contribution in [-0.4, -0.2) is 37.7 Å². The number of para-hydroxylation sites is 1. The second-order valence-electron chi connectivity index (χ2n) is 6.54. The van der Waals surface area contributed by atoms with Crippen LogP contribution in [0.2, 0.25) is 10.0 Å². The van der Waals surface area contributed by atoms with Crippen molar-refractivity contribution in [2.24, 2.45) is 0 Å². The van der Waals surface area contributed by atoms with Crippen LogP contribution in [0.4, 0.5) is 0 Å². The molecule has 3 rings (SSSR count). The third-order valence-corrected chi connectivity index (χ3v) is 4.98. The van der Waals surface area contributed by atoms with Crippen molar-refractivity contribution in [2.75, 3.05) is 19.8 Å². The van der Waals surface area contributed by atoms with Crippen LogP contribution < -0.4 is 10.1 Å². The highest BCUT2D eigenvalue weighted by Crippen LogP contribution is 2.24. The van der Waals surface area contributed by atoms with Gasteiger partial charge in [0.25, 0.3) is 5.91 Å². The Balaban J connectivity index is 1.53. The lowest BCUT2D eigenvalue weighted by Gasteiger charge is -2.13. The number of ether oxygens (including phenoxy) is 3. The van der Waals surface area contributed by atoms with Gasteiger partial charge in [-0.15, -0.1) is 0 Å². The number of rotatable bonds is 8. The highest BCUT2D eigenvalue weighted by atomic mass is 35.5. The molecule has 0 spiro atoms. The molecule has 1 unspecified atom stereocenters. The highest BCUT2D eigenvalue weighted by Gasteiger charge is 2.18. The minimum absolute atomic E-state index is 0.0310. The van der Waals surface area contributed by atoms with E-state index < -0.39 is 5.97 Å².